The van der Waals surface area contributed by atoms with Crippen LogP contribution in [0.2, 0.25) is 0 Å². The summed E-state index contributed by atoms with van der Waals surface area (Å²) >= 11 is 0. The van der Waals surface area contributed by atoms with E-state index in [9.17, 15) is 14.5 Å². The van der Waals surface area contributed by atoms with E-state index in [4.69, 9.17) is 24.5 Å². The number of alkyl halides is 2. The number of halogens is 2. The van der Waals surface area contributed by atoms with Crippen LogP contribution in [0.15, 0.2) is 6.33 Å². The molecule has 4 rings (SSSR count). The predicted octanol–water partition coefficient (Wildman–Crippen LogP) is 1.96. The Hall–Kier alpha value is -2.45. The first-order valence-electron chi connectivity index (χ1n) is 12.0. The number of esters is 1. The first kappa shape index (κ1) is 27.6. The van der Waals surface area contributed by atoms with Crippen LogP contribution in [0, 0.1) is 0 Å². The summed E-state index contributed by atoms with van der Waals surface area (Å²) in [5, 5.41) is 12.9. The Balaban J connectivity index is 1.44. The molecule has 0 bridgehead atoms. The van der Waals surface area contributed by atoms with Crippen molar-refractivity contribution < 1.29 is 42.0 Å². The Labute approximate surface area is 211 Å². The number of nitrogens with one attached hydrogen (secondary N) is 1. The van der Waals surface area contributed by atoms with Crippen LogP contribution in [-0.4, -0.2) is 73.6 Å². The van der Waals surface area contributed by atoms with Crippen molar-refractivity contribution in [2.45, 2.75) is 82.5 Å². The topological polar surface area (TPSA) is 173 Å². The van der Waals surface area contributed by atoms with E-state index in [1.165, 1.54) is 6.92 Å². The van der Waals surface area contributed by atoms with Gasteiger partial charge in [0.25, 0.3) is 14.0 Å². The molecule has 2 fully saturated rings. The number of fused-ring (bicyclic) bond motifs is 1. The molecule has 206 valence electrons. The van der Waals surface area contributed by atoms with Crippen molar-refractivity contribution in [1.82, 2.24) is 24.6 Å². The van der Waals surface area contributed by atoms with Gasteiger partial charge in [-0.25, -0.2) is 18.9 Å². The molecule has 3 heterocycles. The van der Waals surface area contributed by atoms with E-state index in [0.29, 0.717) is 0 Å². The molecule has 13 nitrogen and oxygen atoms in total. The summed E-state index contributed by atoms with van der Waals surface area (Å²) < 4.78 is 65.8. The number of carbonyl (C=O) groups excluding carboxylic acids is 1. The molecule has 4 N–H and O–H groups in total. The highest BCUT2D eigenvalue weighted by molar-refractivity contribution is 7.36. The summed E-state index contributed by atoms with van der Waals surface area (Å²) in [7, 11) is -3.20. The third-order valence-electron chi connectivity index (χ3n) is 6.35. The van der Waals surface area contributed by atoms with Crippen LogP contribution in [0.1, 0.15) is 52.7 Å². The van der Waals surface area contributed by atoms with Gasteiger partial charge in [0.2, 0.25) is 11.8 Å². The van der Waals surface area contributed by atoms with E-state index in [1.807, 2.05) is 0 Å². The monoisotopic (exact) mass is 548 g/mol. The van der Waals surface area contributed by atoms with E-state index in [-0.39, 0.29) is 35.7 Å². The van der Waals surface area contributed by atoms with Crippen LogP contribution >= 0.6 is 8.18 Å². The molecule has 0 spiro atoms. The van der Waals surface area contributed by atoms with Gasteiger partial charge in [-0.2, -0.15) is 9.97 Å². The second-order valence-electron chi connectivity index (χ2n) is 9.24. The Morgan fingerprint density at radius 3 is 2.78 bits per heavy atom. The second kappa shape index (κ2) is 10.7. The van der Waals surface area contributed by atoms with Crippen molar-refractivity contribution in [1.29, 1.82) is 0 Å². The maximum atomic E-state index is 15.7. The van der Waals surface area contributed by atoms with Gasteiger partial charge in [0.1, 0.15) is 18.8 Å². The number of imidazole rings is 1. The number of hydrogen-bond acceptors (Lipinski definition) is 11. The van der Waals surface area contributed by atoms with Crippen molar-refractivity contribution >= 4 is 31.3 Å². The summed E-state index contributed by atoms with van der Waals surface area (Å²) in [5.74, 6) is -3.86. The average molecular weight is 548 g/mol. The van der Waals surface area contributed by atoms with Gasteiger partial charge in [-0.05, 0) is 46.5 Å². The van der Waals surface area contributed by atoms with Gasteiger partial charge in [0.15, 0.2) is 29.2 Å². The van der Waals surface area contributed by atoms with Gasteiger partial charge in [0.05, 0.1) is 12.9 Å². The number of nitrogens with zero attached hydrogens (tertiary/aromatic N) is 4. The van der Waals surface area contributed by atoms with E-state index in [2.05, 4.69) is 20.0 Å². The summed E-state index contributed by atoms with van der Waals surface area (Å²) in [5.41, 5.74) is 3.15. The third kappa shape index (κ3) is 5.55. The largest absolute Gasteiger partial charge is 0.476 e. The Morgan fingerprint density at radius 1 is 1.41 bits per heavy atom. The van der Waals surface area contributed by atoms with Gasteiger partial charge in [-0.1, -0.05) is 0 Å². The molecule has 37 heavy (non-hydrogen) atoms. The first-order valence-corrected chi connectivity index (χ1v) is 13.3. The standard InChI is InChI=1S/C21H31F2N6O7P/c1-4-33-15-13-14(26-19(24)27-15)29(10-25-13)18-20(3,22)17(31)21(23,36-18)9-34-37(32)28-11(2)16(30)35-12-7-5-6-8-12/h10-12,17-18,31,37H,4-9H2,1-3H3,(H,28,32)(H2,24,26,27)/t11-,17-,18+,20+,21+/m0/s1. The normalized spacial score (nSPS) is 30.0. The molecule has 1 saturated carbocycles. The predicted molar refractivity (Wildman–Crippen MR) is 126 cm³/mol. The van der Waals surface area contributed by atoms with Gasteiger partial charge < -0.3 is 29.6 Å². The molecule has 0 amide bonds. The number of aliphatic hydroxyl groups is 1. The highest BCUT2D eigenvalue weighted by atomic mass is 31.1. The zero-order valence-corrected chi connectivity index (χ0v) is 21.6. The number of carbonyl (C=O) groups is 1. The molecule has 6 atom stereocenters. The highest BCUT2D eigenvalue weighted by Gasteiger charge is 2.65. The molecule has 0 radical (unpaired) electrons. The molecular formula is C21H31F2N6O7P. The molecule has 2 aliphatic rings. The number of hydrogen-bond donors (Lipinski definition) is 3. The van der Waals surface area contributed by atoms with E-state index < -0.39 is 50.7 Å². The lowest BCUT2D eigenvalue weighted by atomic mass is 9.97. The van der Waals surface area contributed by atoms with E-state index in [0.717, 1.165) is 43.5 Å². The molecule has 2 aromatic rings. The number of rotatable bonds is 10. The average Bonchev–Trinajstić information content (AvgIpc) is 3.54. The minimum absolute atomic E-state index is 0.00737. The summed E-state index contributed by atoms with van der Waals surface area (Å²) in [6, 6.07) is -0.988. The first-order chi connectivity index (χ1) is 17.5. The maximum absolute atomic E-state index is 15.7. The van der Waals surface area contributed by atoms with Crippen LogP contribution in [0.25, 0.3) is 11.2 Å². The maximum Gasteiger partial charge on any atom is 0.323 e. The summed E-state index contributed by atoms with van der Waals surface area (Å²) in [6.07, 6.45) is 0.337. The van der Waals surface area contributed by atoms with Crippen LogP contribution < -0.4 is 15.6 Å². The summed E-state index contributed by atoms with van der Waals surface area (Å²) in [6.45, 7) is 3.23. The van der Waals surface area contributed by atoms with Crippen molar-refractivity contribution in [3.05, 3.63) is 6.33 Å². The van der Waals surface area contributed by atoms with Gasteiger partial charge in [0, 0.05) is 0 Å². The molecule has 1 aliphatic carbocycles. The van der Waals surface area contributed by atoms with Gasteiger partial charge in [-0.3, -0.25) is 13.9 Å². The molecule has 1 saturated heterocycles. The number of aliphatic hydroxyl groups excluding tert-OH is 1. The lowest BCUT2D eigenvalue weighted by Gasteiger charge is -2.25. The fraction of sp³-hybridized carbons (Fsp3) is 0.714. The van der Waals surface area contributed by atoms with Crippen molar-refractivity contribution in [2.24, 2.45) is 0 Å². The minimum atomic E-state index is -3.20. The number of aromatic nitrogens is 4. The lowest BCUT2D eigenvalue weighted by molar-refractivity contribution is -0.201. The Bertz CT molecular complexity index is 1160. The quantitative estimate of drug-likeness (QED) is 0.291. The molecule has 0 aromatic carbocycles. The fourth-order valence-electron chi connectivity index (χ4n) is 4.39. The number of anilines is 1. The van der Waals surface area contributed by atoms with Crippen molar-refractivity contribution in [2.75, 3.05) is 18.9 Å². The zero-order chi connectivity index (χ0) is 27.0. The zero-order valence-electron chi connectivity index (χ0n) is 20.6. The van der Waals surface area contributed by atoms with Gasteiger partial charge in [-0.15, -0.1) is 0 Å². The molecule has 2 aromatic heterocycles. The summed E-state index contributed by atoms with van der Waals surface area (Å²) in [4.78, 5) is 24.2. The van der Waals surface area contributed by atoms with Gasteiger partial charge >= 0.3 is 5.97 Å². The minimum Gasteiger partial charge on any atom is -0.476 e. The highest BCUT2D eigenvalue weighted by Crippen LogP contribution is 2.49. The Morgan fingerprint density at radius 2 is 2.11 bits per heavy atom. The smallest absolute Gasteiger partial charge is 0.323 e. The lowest BCUT2D eigenvalue weighted by Crippen LogP contribution is -2.46. The third-order valence-corrected chi connectivity index (χ3v) is 7.42. The number of nitrogen functional groups attached to an aromatic ring is 1. The van der Waals surface area contributed by atoms with Crippen molar-refractivity contribution in [3.8, 4) is 5.88 Å². The van der Waals surface area contributed by atoms with Crippen LogP contribution in [-0.2, 0) is 23.4 Å². The van der Waals surface area contributed by atoms with Crippen molar-refractivity contribution in [3.63, 3.8) is 0 Å². The van der Waals surface area contributed by atoms with Crippen LogP contribution in [0.3, 0.4) is 0 Å². The molecule has 1 unspecified atom stereocenters. The number of nitrogens with two attached hydrogens (primary N) is 1. The molecule has 16 heteroatoms. The molecular weight excluding hydrogens is 517 g/mol. The van der Waals surface area contributed by atoms with Crippen LogP contribution in [0.4, 0.5) is 14.7 Å². The number of ether oxygens (including phenoxy) is 3. The SMILES string of the molecule is CCOc1nc(N)nc2c1ncn2[C@@H]1O[C@](F)(CO[PH](=O)N[C@@H](C)C(=O)OC2CCCC2)[C@@H](O)[C@@]1(C)F. The Kier molecular flexibility index (Phi) is 8.00. The van der Waals surface area contributed by atoms with E-state index in [1.54, 1.807) is 6.92 Å². The van der Waals surface area contributed by atoms with Crippen LogP contribution in [0.5, 0.6) is 5.88 Å². The van der Waals surface area contributed by atoms with E-state index >= 15 is 8.78 Å². The molecule has 1 aliphatic heterocycles. The fourth-order valence-corrected chi connectivity index (χ4v) is 5.28. The second-order valence-corrected chi connectivity index (χ2v) is 10.4.